The molecule has 1 aromatic carbocycles. The lowest BCUT2D eigenvalue weighted by molar-refractivity contribution is -0.141. The molecule has 0 aliphatic rings. The van der Waals surface area contributed by atoms with Crippen molar-refractivity contribution in [2.75, 3.05) is 5.75 Å². The number of carbonyl (C=O) groups is 2. The quantitative estimate of drug-likeness (QED) is 0.211. The van der Waals surface area contributed by atoms with E-state index in [2.05, 4.69) is 12.2 Å². The number of rotatable bonds is 20. The molecule has 0 spiro atoms. The van der Waals surface area contributed by atoms with E-state index in [0.717, 1.165) is 24.2 Å². The van der Waals surface area contributed by atoms with Gasteiger partial charge in [-0.1, -0.05) is 114 Å². The van der Waals surface area contributed by atoms with E-state index in [9.17, 15) is 14.7 Å². The molecule has 2 N–H and O–H groups in total. The van der Waals surface area contributed by atoms with Gasteiger partial charge in [0, 0.05) is 17.9 Å². The third kappa shape index (κ3) is 15.9. The summed E-state index contributed by atoms with van der Waals surface area (Å²) in [5.41, 5.74) is 1.16. The summed E-state index contributed by atoms with van der Waals surface area (Å²) in [6, 6.07) is 9.14. The molecule has 0 radical (unpaired) electrons. The zero-order valence-corrected chi connectivity index (χ0v) is 20.3. The smallest absolute Gasteiger partial charge is 0.327 e. The molecule has 31 heavy (non-hydrogen) atoms. The Morgan fingerprint density at radius 2 is 1.35 bits per heavy atom. The number of thioether (sulfide) groups is 1. The van der Waals surface area contributed by atoms with Crippen LogP contribution in [0.3, 0.4) is 0 Å². The van der Waals surface area contributed by atoms with Crippen LogP contribution in [0.25, 0.3) is 0 Å². The van der Waals surface area contributed by atoms with Crippen LogP contribution in [0, 0.1) is 0 Å². The van der Waals surface area contributed by atoms with Crippen LogP contribution >= 0.6 is 11.8 Å². The topological polar surface area (TPSA) is 66.4 Å². The summed E-state index contributed by atoms with van der Waals surface area (Å²) >= 11 is 1.54. The van der Waals surface area contributed by atoms with Crippen LogP contribution in [0.4, 0.5) is 0 Å². The molecular formula is C26H43NO3S. The van der Waals surface area contributed by atoms with E-state index in [4.69, 9.17) is 0 Å². The van der Waals surface area contributed by atoms with Gasteiger partial charge in [0.25, 0.3) is 0 Å². The molecule has 1 rings (SSSR count). The van der Waals surface area contributed by atoms with E-state index < -0.39 is 12.0 Å². The fourth-order valence-corrected chi connectivity index (χ4v) is 4.62. The van der Waals surface area contributed by atoms with E-state index in [1.54, 1.807) is 0 Å². The number of hydrogen-bond acceptors (Lipinski definition) is 3. The van der Waals surface area contributed by atoms with Crippen LogP contribution in [0.5, 0.6) is 0 Å². The minimum atomic E-state index is -0.959. The molecule has 4 nitrogen and oxygen atoms in total. The van der Waals surface area contributed by atoms with E-state index in [1.807, 2.05) is 30.3 Å². The Kier molecular flexibility index (Phi) is 17.1. The summed E-state index contributed by atoms with van der Waals surface area (Å²) in [6.07, 6.45) is 16.9. The average Bonchev–Trinajstić information content (AvgIpc) is 2.77. The summed E-state index contributed by atoms with van der Waals surface area (Å²) in [5, 5.41) is 12.1. The Hall–Kier alpha value is -1.49. The molecular weight excluding hydrogens is 406 g/mol. The van der Waals surface area contributed by atoms with Crippen molar-refractivity contribution in [3.8, 4) is 0 Å². The van der Waals surface area contributed by atoms with Gasteiger partial charge in [-0.15, -0.1) is 0 Å². The molecule has 0 bridgehead atoms. The molecule has 0 aliphatic carbocycles. The second-order valence-electron chi connectivity index (χ2n) is 8.45. The number of carboxylic acids is 1. The predicted molar refractivity (Wildman–Crippen MR) is 132 cm³/mol. The summed E-state index contributed by atoms with van der Waals surface area (Å²) in [4.78, 5) is 23.5. The van der Waals surface area contributed by atoms with Crippen molar-refractivity contribution in [2.24, 2.45) is 0 Å². The van der Waals surface area contributed by atoms with E-state index in [-0.39, 0.29) is 5.91 Å². The first-order chi connectivity index (χ1) is 15.1. The van der Waals surface area contributed by atoms with Gasteiger partial charge in [-0.2, -0.15) is 11.8 Å². The van der Waals surface area contributed by atoms with Crippen molar-refractivity contribution < 1.29 is 14.7 Å². The number of benzene rings is 1. The Bertz CT molecular complexity index is 579. The van der Waals surface area contributed by atoms with E-state index >= 15 is 0 Å². The van der Waals surface area contributed by atoms with Gasteiger partial charge in [0.05, 0.1) is 0 Å². The van der Waals surface area contributed by atoms with Crippen LogP contribution in [0.1, 0.15) is 102 Å². The molecule has 0 unspecified atom stereocenters. The Morgan fingerprint density at radius 1 is 0.839 bits per heavy atom. The van der Waals surface area contributed by atoms with Crippen LogP contribution in [0.15, 0.2) is 30.3 Å². The number of aliphatic carboxylic acids is 1. The van der Waals surface area contributed by atoms with Gasteiger partial charge < -0.3 is 10.4 Å². The Morgan fingerprint density at radius 3 is 1.87 bits per heavy atom. The lowest BCUT2D eigenvalue weighted by Gasteiger charge is -2.14. The first-order valence-electron chi connectivity index (χ1n) is 12.3. The highest BCUT2D eigenvalue weighted by atomic mass is 32.2. The fourth-order valence-electron chi connectivity index (χ4n) is 3.61. The second-order valence-corrected chi connectivity index (χ2v) is 9.48. The summed E-state index contributed by atoms with van der Waals surface area (Å²) < 4.78 is 0. The monoisotopic (exact) mass is 449 g/mol. The molecule has 0 aliphatic heterocycles. The van der Waals surface area contributed by atoms with Gasteiger partial charge in [0.1, 0.15) is 6.04 Å². The molecule has 0 aromatic heterocycles. The molecule has 0 saturated heterocycles. The van der Waals surface area contributed by atoms with Crippen molar-refractivity contribution in [1.29, 1.82) is 0 Å². The third-order valence-electron chi connectivity index (χ3n) is 5.54. The lowest BCUT2D eigenvalue weighted by Crippen LogP contribution is -2.42. The largest absolute Gasteiger partial charge is 0.480 e. The van der Waals surface area contributed by atoms with Crippen LogP contribution in [0.2, 0.25) is 0 Å². The van der Waals surface area contributed by atoms with Crippen LogP contribution in [-0.4, -0.2) is 28.8 Å². The van der Waals surface area contributed by atoms with E-state index in [0.29, 0.717) is 12.2 Å². The van der Waals surface area contributed by atoms with Crippen molar-refractivity contribution in [1.82, 2.24) is 5.32 Å². The number of carbonyl (C=O) groups excluding carboxylic acids is 1. The van der Waals surface area contributed by atoms with Gasteiger partial charge >= 0.3 is 5.97 Å². The predicted octanol–water partition coefficient (Wildman–Crippen LogP) is 6.97. The third-order valence-corrected chi connectivity index (χ3v) is 6.64. The zero-order valence-electron chi connectivity index (χ0n) is 19.4. The Labute approximate surface area is 194 Å². The van der Waals surface area contributed by atoms with Crippen molar-refractivity contribution in [3.63, 3.8) is 0 Å². The average molecular weight is 450 g/mol. The highest BCUT2D eigenvalue weighted by Crippen LogP contribution is 2.14. The molecule has 1 aromatic rings. The van der Waals surface area contributed by atoms with Gasteiger partial charge in [-0.05, 0) is 12.0 Å². The SMILES string of the molecule is CCCCCCCCCCCCCCCC(=O)N[C@@H](CSCc1ccccc1)C(=O)O. The van der Waals surface area contributed by atoms with Crippen molar-refractivity contribution in [3.05, 3.63) is 35.9 Å². The standard InChI is InChI=1S/C26H43NO3S/c1-2-3-4-5-6-7-8-9-10-11-12-13-17-20-25(28)27-24(26(29)30)22-31-21-23-18-15-14-16-19-23/h14-16,18-19,24H,2-13,17,20-22H2,1H3,(H,27,28)(H,29,30)/t24-/m0/s1. The van der Waals surface area contributed by atoms with Gasteiger partial charge in [-0.25, -0.2) is 4.79 Å². The lowest BCUT2D eigenvalue weighted by atomic mass is 10.0. The number of hydrogen-bond donors (Lipinski definition) is 2. The summed E-state index contributed by atoms with van der Waals surface area (Å²) in [5.74, 6) is 0.0311. The molecule has 176 valence electrons. The molecule has 1 amide bonds. The highest BCUT2D eigenvalue weighted by Gasteiger charge is 2.19. The van der Waals surface area contributed by atoms with Crippen LogP contribution in [-0.2, 0) is 15.3 Å². The molecule has 1 atom stereocenters. The fraction of sp³-hybridized carbons (Fsp3) is 0.692. The van der Waals surface area contributed by atoms with E-state index in [1.165, 1.54) is 82.4 Å². The van der Waals surface area contributed by atoms with Gasteiger partial charge in [0.15, 0.2) is 0 Å². The maximum Gasteiger partial charge on any atom is 0.327 e. The van der Waals surface area contributed by atoms with Gasteiger partial charge in [0.2, 0.25) is 5.91 Å². The Balaban J connectivity index is 1.99. The zero-order chi connectivity index (χ0) is 22.6. The highest BCUT2D eigenvalue weighted by molar-refractivity contribution is 7.98. The summed E-state index contributed by atoms with van der Waals surface area (Å²) in [6.45, 7) is 2.26. The number of unbranched alkanes of at least 4 members (excludes halogenated alkanes) is 12. The molecule has 0 saturated carbocycles. The number of amides is 1. The first kappa shape index (κ1) is 27.5. The molecule has 0 fully saturated rings. The van der Waals surface area contributed by atoms with Crippen LogP contribution < -0.4 is 5.32 Å². The number of carboxylic acid groups (broad SMARTS) is 1. The maximum atomic E-state index is 12.1. The molecule has 0 heterocycles. The van der Waals surface area contributed by atoms with Crippen molar-refractivity contribution >= 4 is 23.6 Å². The van der Waals surface area contributed by atoms with Gasteiger partial charge in [-0.3, -0.25) is 4.79 Å². The minimum absolute atomic E-state index is 0.143. The number of nitrogens with one attached hydrogen (secondary N) is 1. The maximum absolute atomic E-state index is 12.1. The first-order valence-corrected chi connectivity index (χ1v) is 13.4. The normalized spacial score (nSPS) is 11.9. The second kappa shape index (κ2) is 19.2. The minimum Gasteiger partial charge on any atom is -0.480 e. The summed E-state index contributed by atoms with van der Waals surface area (Å²) in [7, 11) is 0. The molecule has 5 heteroatoms. The van der Waals surface area contributed by atoms with Crippen molar-refractivity contribution in [2.45, 2.75) is 109 Å².